The maximum Gasteiger partial charge on any atom is 0.270 e. The molecule has 0 saturated heterocycles. The summed E-state index contributed by atoms with van der Waals surface area (Å²) in [6.45, 7) is 1.24. The lowest BCUT2D eigenvalue weighted by molar-refractivity contribution is 0.0990. The van der Waals surface area contributed by atoms with Gasteiger partial charge in [0.05, 0.1) is 15.9 Å². The first-order valence-corrected chi connectivity index (χ1v) is 9.78. The fraction of sp³-hybridized carbons (Fsp3) is 0.167. The second-order valence-electron chi connectivity index (χ2n) is 5.67. The summed E-state index contributed by atoms with van der Waals surface area (Å²) in [6, 6.07) is 8.50. The molecule has 0 unspecified atom stereocenters. The number of halogens is 1. The van der Waals surface area contributed by atoms with E-state index < -0.39 is 0 Å². The number of hydrogen-bond donors (Lipinski definition) is 0. The first-order valence-electron chi connectivity index (χ1n) is 8.08. The molecule has 0 aliphatic carbocycles. The first kappa shape index (κ1) is 16.9. The van der Waals surface area contributed by atoms with Crippen LogP contribution in [0.2, 0.25) is 0 Å². The molecule has 8 heteroatoms. The van der Waals surface area contributed by atoms with E-state index in [1.165, 1.54) is 28.7 Å². The molecule has 3 aromatic heterocycles. The number of carbonyl (C=O) groups is 1. The van der Waals surface area contributed by atoms with Crippen LogP contribution in [-0.4, -0.2) is 27.0 Å². The number of aryl methyl sites for hydroxylation is 1. The summed E-state index contributed by atoms with van der Waals surface area (Å²) in [6.07, 6.45) is 6.10. The lowest BCUT2D eigenvalue weighted by Crippen LogP contribution is -2.31. The van der Waals surface area contributed by atoms with E-state index in [0.29, 0.717) is 22.1 Å². The second kappa shape index (κ2) is 7.35. The fourth-order valence-corrected chi connectivity index (χ4v) is 4.34. The molecule has 0 N–H and O–H groups in total. The van der Waals surface area contributed by atoms with Gasteiger partial charge in [0.15, 0.2) is 5.13 Å². The summed E-state index contributed by atoms with van der Waals surface area (Å²) in [7, 11) is 0. The lowest BCUT2D eigenvalue weighted by atomic mass is 10.3. The Labute approximate surface area is 157 Å². The number of hydrogen-bond acceptors (Lipinski definition) is 5. The van der Waals surface area contributed by atoms with Crippen molar-refractivity contribution < 1.29 is 9.18 Å². The molecular weight excluding hydrogens is 371 g/mol. The molecule has 1 amide bonds. The van der Waals surface area contributed by atoms with E-state index in [4.69, 9.17) is 0 Å². The molecule has 0 aliphatic heterocycles. The SMILES string of the molecule is O=C(c1cccs1)N(CCCn1ccnc1)c1nc2c(F)cccc2s1. The van der Waals surface area contributed by atoms with Crippen molar-refractivity contribution in [3.8, 4) is 0 Å². The number of thiophene rings is 1. The first-order chi connectivity index (χ1) is 12.7. The number of thiazole rings is 1. The molecule has 0 aliphatic rings. The highest BCUT2D eigenvalue weighted by Crippen LogP contribution is 2.31. The van der Waals surface area contributed by atoms with Gasteiger partial charge in [0.1, 0.15) is 11.3 Å². The number of rotatable bonds is 6. The Hall–Kier alpha value is -2.58. The number of carbonyl (C=O) groups excluding carboxylic acids is 1. The third-order valence-corrected chi connectivity index (χ3v) is 5.83. The Bertz CT molecular complexity index is 1010. The van der Waals surface area contributed by atoms with Gasteiger partial charge in [0.2, 0.25) is 0 Å². The zero-order valence-electron chi connectivity index (χ0n) is 13.7. The van der Waals surface area contributed by atoms with Crippen molar-refractivity contribution >= 4 is 43.9 Å². The maximum atomic E-state index is 14.0. The van der Waals surface area contributed by atoms with Crippen molar-refractivity contribution in [1.82, 2.24) is 14.5 Å². The van der Waals surface area contributed by atoms with Crippen LogP contribution in [0.3, 0.4) is 0 Å². The van der Waals surface area contributed by atoms with Gasteiger partial charge in [-0.3, -0.25) is 9.69 Å². The van der Waals surface area contributed by atoms with E-state index >= 15 is 0 Å². The summed E-state index contributed by atoms with van der Waals surface area (Å²) in [5, 5.41) is 2.39. The molecule has 4 rings (SSSR count). The van der Waals surface area contributed by atoms with Gasteiger partial charge in [-0.05, 0) is 30.0 Å². The van der Waals surface area contributed by atoms with Crippen LogP contribution in [0.4, 0.5) is 9.52 Å². The minimum atomic E-state index is -0.369. The third-order valence-electron chi connectivity index (χ3n) is 3.92. The molecule has 132 valence electrons. The van der Waals surface area contributed by atoms with Crippen LogP contribution in [0.15, 0.2) is 54.4 Å². The number of para-hydroxylation sites is 1. The van der Waals surface area contributed by atoms with E-state index in [1.807, 2.05) is 28.3 Å². The van der Waals surface area contributed by atoms with E-state index in [0.717, 1.165) is 17.7 Å². The van der Waals surface area contributed by atoms with Crippen LogP contribution < -0.4 is 4.90 Å². The standard InChI is InChI=1S/C18H15FN4OS2/c19-13-4-1-5-14-16(13)21-18(26-14)23(17(24)15-6-2-11-25-15)9-3-8-22-10-7-20-12-22/h1-2,4-7,10-12H,3,8-9H2. The summed E-state index contributed by atoms with van der Waals surface area (Å²) in [5.74, 6) is -0.475. The third kappa shape index (κ3) is 3.38. The minimum absolute atomic E-state index is 0.106. The van der Waals surface area contributed by atoms with E-state index in [1.54, 1.807) is 29.6 Å². The molecule has 0 fully saturated rings. The second-order valence-corrected chi connectivity index (χ2v) is 7.63. The smallest absolute Gasteiger partial charge is 0.270 e. The summed E-state index contributed by atoms with van der Waals surface area (Å²) in [5.41, 5.74) is 0.311. The topological polar surface area (TPSA) is 51.0 Å². The number of imidazole rings is 1. The Balaban J connectivity index is 1.62. The quantitative estimate of drug-likeness (QED) is 0.493. The van der Waals surface area contributed by atoms with Crippen molar-refractivity contribution in [3.05, 3.63) is 65.1 Å². The summed E-state index contributed by atoms with van der Waals surface area (Å²) >= 11 is 2.72. The molecule has 0 spiro atoms. The predicted octanol–water partition coefficient (Wildman–Crippen LogP) is 4.43. The van der Waals surface area contributed by atoms with Crippen molar-refractivity contribution in [2.75, 3.05) is 11.4 Å². The van der Waals surface area contributed by atoms with Gasteiger partial charge in [-0.1, -0.05) is 23.5 Å². The molecule has 3 heterocycles. The van der Waals surface area contributed by atoms with Crippen molar-refractivity contribution in [1.29, 1.82) is 0 Å². The minimum Gasteiger partial charge on any atom is -0.337 e. The van der Waals surface area contributed by atoms with Gasteiger partial charge < -0.3 is 4.57 Å². The largest absolute Gasteiger partial charge is 0.337 e. The molecule has 26 heavy (non-hydrogen) atoms. The number of benzene rings is 1. The van der Waals surface area contributed by atoms with Gasteiger partial charge >= 0.3 is 0 Å². The molecular formula is C18H15FN4OS2. The van der Waals surface area contributed by atoms with Gasteiger partial charge in [-0.15, -0.1) is 11.3 Å². The van der Waals surface area contributed by atoms with Crippen molar-refractivity contribution in [2.45, 2.75) is 13.0 Å². The summed E-state index contributed by atoms with van der Waals surface area (Å²) < 4.78 is 16.7. The van der Waals surface area contributed by atoms with Gasteiger partial charge in [0.25, 0.3) is 5.91 Å². The van der Waals surface area contributed by atoms with Crippen molar-refractivity contribution in [3.63, 3.8) is 0 Å². The van der Waals surface area contributed by atoms with E-state index in [9.17, 15) is 9.18 Å². The lowest BCUT2D eigenvalue weighted by Gasteiger charge is -2.19. The maximum absolute atomic E-state index is 14.0. The highest BCUT2D eigenvalue weighted by Gasteiger charge is 2.22. The van der Waals surface area contributed by atoms with Crippen LogP contribution in [0.1, 0.15) is 16.1 Å². The highest BCUT2D eigenvalue weighted by molar-refractivity contribution is 7.22. The number of anilines is 1. The monoisotopic (exact) mass is 386 g/mol. The van der Waals surface area contributed by atoms with Gasteiger partial charge in [-0.2, -0.15) is 0 Å². The van der Waals surface area contributed by atoms with Crippen LogP contribution in [0.25, 0.3) is 10.2 Å². The molecule has 0 atom stereocenters. The van der Waals surface area contributed by atoms with Crippen LogP contribution >= 0.6 is 22.7 Å². The predicted molar refractivity (Wildman–Crippen MR) is 102 cm³/mol. The van der Waals surface area contributed by atoms with Crippen LogP contribution in [-0.2, 0) is 6.54 Å². The zero-order chi connectivity index (χ0) is 17.9. The highest BCUT2D eigenvalue weighted by atomic mass is 32.1. The normalized spacial score (nSPS) is 11.1. The van der Waals surface area contributed by atoms with Gasteiger partial charge in [-0.25, -0.2) is 14.4 Å². The molecule has 5 nitrogen and oxygen atoms in total. The molecule has 0 saturated carbocycles. The Kier molecular flexibility index (Phi) is 4.77. The molecule has 4 aromatic rings. The van der Waals surface area contributed by atoms with E-state index in [-0.39, 0.29) is 11.7 Å². The average molecular weight is 386 g/mol. The van der Waals surface area contributed by atoms with E-state index in [2.05, 4.69) is 9.97 Å². The average Bonchev–Trinajstić information content (AvgIpc) is 3.39. The number of aromatic nitrogens is 3. The molecule has 0 radical (unpaired) electrons. The van der Waals surface area contributed by atoms with Crippen LogP contribution in [0, 0.1) is 5.82 Å². The number of fused-ring (bicyclic) bond motifs is 1. The summed E-state index contributed by atoms with van der Waals surface area (Å²) in [4.78, 5) is 23.7. The fourth-order valence-electron chi connectivity index (χ4n) is 2.67. The number of nitrogens with zero attached hydrogens (tertiary/aromatic N) is 4. The number of amides is 1. The Morgan fingerprint density at radius 1 is 1.27 bits per heavy atom. The van der Waals surface area contributed by atoms with Crippen LogP contribution in [0.5, 0.6) is 0 Å². The van der Waals surface area contributed by atoms with Crippen molar-refractivity contribution in [2.24, 2.45) is 0 Å². The Morgan fingerprint density at radius 3 is 2.92 bits per heavy atom. The van der Waals surface area contributed by atoms with Gasteiger partial charge in [0, 0.05) is 25.5 Å². The Morgan fingerprint density at radius 2 is 2.19 bits per heavy atom. The molecule has 1 aromatic carbocycles. The zero-order valence-corrected chi connectivity index (χ0v) is 15.3. The molecule has 0 bridgehead atoms.